The summed E-state index contributed by atoms with van der Waals surface area (Å²) in [5.41, 5.74) is 7.23. The largest absolute Gasteiger partial charge is 0.283 e. The molecule has 0 saturated carbocycles. The Hall–Kier alpha value is -3.86. The Morgan fingerprint density at radius 2 is 1.34 bits per heavy atom. The van der Waals surface area contributed by atoms with E-state index in [0.717, 1.165) is 16.2 Å². The van der Waals surface area contributed by atoms with Crippen LogP contribution in [-0.2, 0) is 0 Å². The average Bonchev–Trinajstić information content (AvgIpc) is 3.50. The lowest BCUT2D eigenvalue weighted by molar-refractivity contribution is 1.25. The van der Waals surface area contributed by atoms with Crippen molar-refractivity contribution in [3.8, 4) is 11.1 Å². The maximum atomic E-state index is 4.98. The molecule has 4 heteroatoms. The summed E-state index contributed by atoms with van der Waals surface area (Å²) in [5, 5.41) is 0. The van der Waals surface area contributed by atoms with Gasteiger partial charge in [0.1, 0.15) is 0 Å². The number of rotatable bonds is 5. The third-order valence-corrected chi connectivity index (χ3v) is 12.6. The first-order valence-corrected chi connectivity index (χ1v) is 15.6. The molecule has 0 radical (unpaired) electrons. The lowest BCUT2D eigenvalue weighted by atomic mass is 10.00. The lowest BCUT2D eigenvalue weighted by Gasteiger charge is -2.41. The molecule has 7 aromatic rings. The maximum absolute atomic E-state index is 4.98. The second kappa shape index (κ2) is 9.16. The molecule has 0 fully saturated rings. The van der Waals surface area contributed by atoms with E-state index >= 15 is 0 Å². The lowest BCUT2D eigenvalue weighted by Crippen LogP contribution is -2.06. The SMILES string of the molecule is CCS(c1ccccc1)(c1ccccc1)c1cccc(-c2cc3c(cc2C)nc2sc4ccccc4n23)c1. The molecule has 0 aliphatic carbocycles. The number of fused-ring (bicyclic) bond motifs is 5. The molecular weight excluding hydrogens is 501 g/mol. The normalized spacial score (nSPS) is 12.5. The van der Waals surface area contributed by atoms with Crippen molar-refractivity contribution < 1.29 is 0 Å². The summed E-state index contributed by atoms with van der Waals surface area (Å²) in [6, 6.07) is 44.6. The monoisotopic (exact) mass is 528 g/mol. The van der Waals surface area contributed by atoms with Gasteiger partial charge in [-0.25, -0.2) is 4.98 Å². The van der Waals surface area contributed by atoms with Gasteiger partial charge in [0.25, 0.3) is 0 Å². The van der Waals surface area contributed by atoms with E-state index in [1.54, 1.807) is 11.3 Å². The number of hydrogen-bond acceptors (Lipinski definition) is 2. The van der Waals surface area contributed by atoms with Gasteiger partial charge < -0.3 is 0 Å². The third-order valence-electron chi connectivity index (χ3n) is 7.55. The fourth-order valence-corrected chi connectivity index (χ4v) is 10.5. The van der Waals surface area contributed by atoms with Gasteiger partial charge in [0.15, 0.2) is 4.96 Å². The van der Waals surface area contributed by atoms with Crippen LogP contribution < -0.4 is 0 Å². The molecule has 0 amide bonds. The molecule has 186 valence electrons. The number of nitrogens with zero attached hydrogens (tertiary/aromatic N) is 2. The molecule has 38 heavy (non-hydrogen) atoms. The van der Waals surface area contributed by atoms with Gasteiger partial charge in [0.2, 0.25) is 0 Å². The number of para-hydroxylation sites is 1. The Balaban J connectivity index is 1.46. The van der Waals surface area contributed by atoms with E-state index in [-0.39, 0.29) is 0 Å². The van der Waals surface area contributed by atoms with Crippen molar-refractivity contribution in [3.05, 3.63) is 127 Å². The van der Waals surface area contributed by atoms with Crippen LogP contribution in [-0.4, -0.2) is 15.1 Å². The van der Waals surface area contributed by atoms with Crippen LogP contribution in [0.3, 0.4) is 0 Å². The predicted molar refractivity (Wildman–Crippen MR) is 164 cm³/mol. The highest BCUT2D eigenvalue weighted by Gasteiger charge is 2.29. The summed E-state index contributed by atoms with van der Waals surface area (Å²) in [7, 11) is -1.42. The molecule has 0 atom stereocenters. The van der Waals surface area contributed by atoms with Crippen molar-refractivity contribution in [2.45, 2.75) is 28.5 Å². The highest BCUT2D eigenvalue weighted by Crippen LogP contribution is 2.68. The smallest absolute Gasteiger partial charge is 0.195 e. The van der Waals surface area contributed by atoms with Crippen LogP contribution in [0.15, 0.2) is 136 Å². The minimum absolute atomic E-state index is 1.05. The standard InChI is InChI=1S/C34H28N2S2/c1-3-38(26-14-6-4-7-15-26,27-16-8-5-9-17-27)28-18-12-13-25(22-28)29-23-32-30(21-24(29)2)35-34-36(32)31-19-10-11-20-33(31)37-34/h4-23H,3H2,1-2H3. The van der Waals surface area contributed by atoms with Gasteiger partial charge in [0, 0.05) is 0 Å². The summed E-state index contributed by atoms with van der Waals surface area (Å²) in [4.78, 5) is 10.2. The fourth-order valence-electron chi connectivity index (χ4n) is 5.74. The number of thiazole rings is 1. The van der Waals surface area contributed by atoms with Crippen LogP contribution in [0.1, 0.15) is 12.5 Å². The Morgan fingerprint density at radius 1 is 0.684 bits per heavy atom. The van der Waals surface area contributed by atoms with Crippen molar-refractivity contribution in [2.24, 2.45) is 0 Å². The topological polar surface area (TPSA) is 17.3 Å². The Labute approximate surface area is 228 Å². The van der Waals surface area contributed by atoms with Gasteiger partial charge in [-0.3, -0.25) is 4.40 Å². The molecule has 2 aromatic heterocycles. The van der Waals surface area contributed by atoms with E-state index in [4.69, 9.17) is 4.98 Å². The molecule has 0 N–H and O–H groups in total. The van der Waals surface area contributed by atoms with Gasteiger partial charge in [-0.15, -0.1) is 0 Å². The quantitative estimate of drug-likeness (QED) is 0.217. The summed E-state index contributed by atoms with van der Waals surface area (Å²) in [5.74, 6) is 1.05. The van der Waals surface area contributed by atoms with Crippen LogP contribution in [0.5, 0.6) is 0 Å². The van der Waals surface area contributed by atoms with Crippen molar-refractivity contribution in [2.75, 3.05) is 5.75 Å². The van der Waals surface area contributed by atoms with Crippen molar-refractivity contribution in [1.29, 1.82) is 0 Å². The number of imidazole rings is 1. The minimum atomic E-state index is -1.42. The van der Waals surface area contributed by atoms with Crippen LogP contribution in [0, 0.1) is 6.92 Å². The fraction of sp³-hybridized carbons (Fsp3) is 0.0882. The molecule has 2 nitrogen and oxygen atoms in total. The van der Waals surface area contributed by atoms with E-state index < -0.39 is 10.0 Å². The second-order valence-electron chi connectivity index (χ2n) is 9.64. The predicted octanol–water partition coefficient (Wildman–Crippen LogP) is 9.98. The van der Waals surface area contributed by atoms with Gasteiger partial charge in [-0.05, 0) is 105 Å². The van der Waals surface area contributed by atoms with Crippen LogP contribution in [0.25, 0.3) is 37.3 Å². The first-order valence-electron chi connectivity index (χ1n) is 13.0. The molecule has 0 aliphatic heterocycles. The van der Waals surface area contributed by atoms with E-state index in [1.807, 2.05) is 0 Å². The molecule has 0 spiro atoms. The minimum Gasteiger partial charge on any atom is -0.283 e. The Morgan fingerprint density at radius 3 is 2.05 bits per heavy atom. The summed E-state index contributed by atoms with van der Waals surface area (Å²) in [6.07, 6.45) is 0. The molecule has 0 bridgehead atoms. The van der Waals surface area contributed by atoms with Gasteiger partial charge >= 0.3 is 0 Å². The molecule has 2 heterocycles. The Bertz CT molecular complexity index is 1880. The first kappa shape index (κ1) is 23.3. The van der Waals surface area contributed by atoms with E-state index in [0.29, 0.717) is 0 Å². The molecule has 7 rings (SSSR count). The van der Waals surface area contributed by atoms with Crippen molar-refractivity contribution in [1.82, 2.24) is 9.38 Å². The first-order chi connectivity index (χ1) is 18.7. The number of hydrogen-bond donors (Lipinski definition) is 0. The van der Waals surface area contributed by atoms with E-state index in [1.165, 1.54) is 47.1 Å². The van der Waals surface area contributed by atoms with Gasteiger partial charge in [-0.2, -0.15) is 10.0 Å². The molecule has 0 unspecified atom stereocenters. The van der Waals surface area contributed by atoms with Crippen LogP contribution in [0.2, 0.25) is 0 Å². The summed E-state index contributed by atoms with van der Waals surface area (Å²) in [6.45, 7) is 4.55. The molecule has 0 saturated heterocycles. The van der Waals surface area contributed by atoms with E-state index in [2.05, 4.69) is 140 Å². The highest BCUT2D eigenvalue weighted by atomic mass is 32.3. The number of benzene rings is 5. The van der Waals surface area contributed by atoms with E-state index in [9.17, 15) is 0 Å². The molecule has 0 aliphatic rings. The number of aryl methyl sites for hydroxylation is 1. The zero-order valence-corrected chi connectivity index (χ0v) is 23.1. The van der Waals surface area contributed by atoms with Crippen LogP contribution in [0.4, 0.5) is 0 Å². The zero-order chi connectivity index (χ0) is 25.7. The summed E-state index contributed by atoms with van der Waals surface area (Å²) < 4.78 is 3.58. The Kier molecular flexibility index (Phi) is 5.61. The van der Waals surface area contributed by atoms with Crippen LogP contribution >= 0.6 is 21.4 Å². The average molecular weight is 529 g/mol. The summed E-state index contributed by atoms with van der Waals surface area (Å²) >= 11 is 1.75. The molecule has 5 aromatic carbocycles. The third kappa shape index (κ3) is 3.52. The maximum Gasteiger partial charge on any atom is 0.195 e. The number of aromatic nitrogens is 2. The van der Waals surface area contributed by atoms with Gasteiger partial charge in [0.05, 0.1) is 21.3 Å². The molecular formula is C34H28N2S2. The van der Waals surface area contributed by atoms with Crippen molar-refractivity contribution in [3.63, 3.8) is 0 Å². The van der Waals surface area contributed by atoms with Crippen molar-refractivity contribution >= 4 is 47.6 Å². The second-order valence-corrected chi connectivity index (χ2v) is 14.1. The highest BCUT2D eigenvalue weighted by molar-refractivity contribution is 8.33. The zero-order valence-electron chi connectivity index (χ0n) is 21.5. The van der Waals surface area contributed by atoms with Gasteiger partial charge in [-0.1, -0.05) is 78.9 Å².